The van der Waals surface area contributed by atoms with Crippen LogP contribution in [0.4, 0.5) is 5.95 Å². The number of hydrogen-bond acceptors (Lipinski definition) is 3. The lowest BCUT2D eigenvalue weighted by molar-refractivity contribution is 0.254. The smallest absolute Gasteiger partial charge is 0.202 e. The fourth-order valence-electron chi connectivity index (χ4n) is 2.89. The van der Waals surface area contributed by atoms with Gasteiger partial charge in [0.1, 0.15) is 0 Å². The first kappa shape index (κ1) is 14.4. The van der Waals surface area contributed by atoms with Crippen LogP contribution >= 0.6 is 0 Å². The van der Waals surface area contributed by atoms with Gasteiger partial charge in [-0.25, -0.2) is 4.98 Å². The van der Waals surface area contributed by atoms with E-state index in [1.807, 2.05) is 6.20 Å². The van der Waals surface area contributed by atoms with Crippen LogP contribution in [-0.2, 0) is 6.54 Å². The predicted octanol–water partition coefficient (Wildman–Crippen LogP) is 2.83. The zero-order valence-electron chi connectivity index (χ0n) is 12.6. The molecule has 1 aliphatic rings. The molecule has 1 heterocycles. The molecule has 1 aliphatic carbocycles. The summed E-state index contributed by atoms with van der Waals surface area (Å²) in [6, 6.07) is 0.803. The van der Waals surface area contributed by atoms with Crippen molar-refractivity contribution in [2.45, 2.75) is 52.1 Å². The minimum Gasteiger partial charge on any atom is -0.354 e. The molecule has 0 aliphatic heterocycles. The van der Waals surface area contributed by atoms with Crippen molar-refractivity contribution in [3.63, 3.8) is 0 Å². The topological polar surface area (TPSA) is 33.1 Å². The van der Waals surface area contributed by atoms with E-state index in [-0.39, 0.29) is 0 Å². The molecule has 0 saturated heterocycles. The molecular formula is C15H28N4. The van der Waals surface area contributed by atoms with Crippen LogP contribution in [0.15, 0.2) is 12.4 Å². The first-order valence-electron chi connectivity index (χ1n) is 7.62. The fourth-order valence-corrected chi connectivity index (χ4v) is 2.89. The largest absolute Gasteiger partial charge is 0.354 e. The van der Waals surface area contributed by atoms with E-state index in [1.165, 1.54) is 25.7 Å². The Kier molecular flexibility index (Phi) is 5.25. The Morgan fingerprint density at radius 2 is 2.16 bits per heavy atom. The Morgan fingerprint density at radius 3 is 2.84 bits per heavy atom. The summed E-state index contributed by atoms with van der Waals surface area (Å²) < 4.78 is 2.21. The quantitative estimate of drug-likeness (QED) is 0.822. The number of aromatic nitrogens is 2. The zero-order chi connectivity index (χ0) is 13.7. The van der Waals surface area contributed by atoms with Crippen molar-refractivity contribution < 1.29 is 0 Å². The van der Waals surface area contributed by atoms with E-state index < -0.39 is 0 Å². The molecular weight excluding hydrogens is 236 g/mol. The monoisotopic (exact) mass is 264 g/mol. The van der Waals surface area contributed by atoms with Crippen molar-refractivity contribution >= 4 is 5.95 Å². The van der Waals surface area contributed by atoms with Gasteiger partial charge in [0.2, 0.25) is 5.95 Å². The maximum Gasteiger partial charge on any atom is 0.202 e. The van der Waals surface area contributed by atoms with Gasteiger partial charge in [-0.2, -0.15) is 0 Å². The van der Waals surface area contributed by atoms with Gasteiger partial charge < -0.3 is 14.8 Å². The first-order chi connectivity index (χ1) is 9.16. The van der Waals surface area contributed by atoms with Gasteiger partial charge in [0.05, 0.1) is 0 Å². The number of hydrogen-bond donors (Lipinski definition) is 1. The SMILES string of the molecule is CC(C)Cn1ccnc1NCCN(C)C1CCCC1. The lowest BCUT2D eigenvalue weighted by Crippen LogP contribution is -2.33. The number of nitrogens with one attached hydrogen (secondary N) is 1. The Hall–Kier alpha value is -1.03. The van der Waals surface area contributed by atoms with Crippen molar-refractivity contribution in [1.82, 2.24) is 14.5 Å². The summed E-state index contributed by atoms with van der Waals surface area (Å²) in [5.74, 6) is 1.66. The van der Waals surface area contributed by atoms with E-state index in [4.69, 9.17) is 0 Å². The van der Waals surface area contributed by atoms with Crippen LogP contribution in [-0.4, -0.2) is 40.6 Å². The zero-order valence-corrected chi connectivity index (χ0v) is 12.6. The predicted molar refractivity (Wildman–Crippen MR) is 80.4 cm³/mol. The third-order valence-electron chi connectivity index (χ3n) is 3.97. The molecule has 19 heavy (non-hydrogen) atoms. The molecule has 0 atom stereocenters. The summed E-state index contributed by atoms with van der Waals surface area (Å²) in [7, 11) is 2.25. The van der Waals surface area contributed by atoms with Crippen LogP contribution in [0.1, 0.15) is 39.5 Å². The third-order valence-corrected chi connectivity index (χ3v) is 3.97. The lowest BCUT2D eigenvalue weighted by Gasteiger charge is -2.24. The summed E-state index contributed by atoms with van der Waals surface area (Å²) in [6.07, 6.45) is 9.49. The molecule has 1 N–H and O–H groups in total. The number of anilines is 1. The highest BCUT2D eigenvalue weighted by Crippen LogP contribution is 2.21. The van der Waals surface area contributed by atoms with Gasteiger partial charge in [-0.05, 0) is 25.8 Å². The average Bonchev–Trinajstić information content (AvgIpc) is 3.00. The van der Waals surface area contributed by atoms with Crippen molar-refractivity contribution in [3.8, 4) is 0 Å². The second kappa shape index (κ2) is 6.94. The highest BCUT2D eigenvalue weighted by atomic mass is 15.2. The highest BCUT2D eigenvalue weighted by Gasteiger charge is 2.18. The molecule has 1 saturated carbocycles. The molecule has 0 bridgehead atoms. The fraction of sp³-hybridized carbons (Fsp3) is 0.800. The van der Waals surface area contributed by atoms with Gasteiger partial charge in [0, 0.05) is 38.1 Å². The van der Waals surface area contributed by atoms with Crippen LogP contribution in [0.3, 0.4) is 0 Å². The van der Waals surface area contributed by atoms with Crippen molar-refractivity contribution in [1.29, 1.82) is 0 Å². The Bertz CT molecular complexity index is 366. The molecule has 0 amide bonds. The molecule has 1 aromatic heterocycles. The minimum absolute atomic E-state index is 0.649. The minimum atomic E-state index is 0.649. The number of imidazole rings is 1. The van der Waals surface area contributed by atoms with Crippen molar-refractivity contribution in [2.24, 2.45) is 5.92 Å². The molecule has 0 unspecified atom stereocenters. The maximum atomic E-state index is 4.40. The Labute approximate surface area is 117 Å². The molecule has 4 nitrogen and oxygen atoms in total. The van der Waals surface area contributed by atoms with Crippen molar-refractivity contribution in [2.75, 3.05) is 25.5 Å². The number of likely N-dealkylation sites (N-methyl/N-ethyl adjacent to an activating group) is 1. The first-order valence-corrected chi connectivity index (χ1v) is 7.62. The summed E-state index contributed by atoms with van der Waals surface area (Å²) in [5, 5.41) is 3.46. The molecule has 108 valence electrons. The summed E-state index contributed by atoms with van der Waals surface area (Å²) in [5.41, 5.74) is 0. The Morgan fingerprint density at radius 1 is 1.42 bits per heavy atom. The van der Waals surface area contributed by atoms with Gasteiger partial charge in [0.15, 0.2) is 0 Å². The lowest BCUT2D eigenvalue weighted by atomic mass is 10.2. The molecule has 0 aromatic carbocycles. The van der Waals surface area contributed by atoms with Gasteiger partial charge in [-0.1, -0.05) is 26.7 Å². The van der Waals surface area contributed by atoms with E-state index in [9.17, 15) is 0 Å². The standard InChI is InChI=1S/C15H28N4/c1-13(2)12-19-11-9-17-15(19)16-8-10-18(3)14-6-4-5-7-14/h9,11,13-14H,4-8,10,12H2,1-3H3,(H,16,17). The molecule has 0 spiro atoms. The van der Waals surface area contributed by atoms with Gasteiger partial charge in [0.25, 0.3) is 0 Å². The summed E-state index contributed by atoms with van der Waals surface area (Å²) >= 11 is 0. The maximum absolute atomic E-state index is 4.40. The van der Waals surface area contributed by atoms with E-state index in [0.717, 1.165) is 31.6 Å². The average molecular weight is 264 g/mol. The van der Waals surface area contributed by atoms with Crippen LogP contribution in [0.2, 0.25) is 0 Å². The normalized spacial score (nSPS) is 16.7. The van der Waals surface area contributed by atoms with Crippen molar-refractivity contribution in [3.05, 3.63) is 12.4 Å². The van der Waals surface area contributed by atoms with Gasteiger partial charge in [-0.15, -0.1) is 0 Å². The van der Waals surface area contributed by atoms with Crippen LogP contribution in [0.25, 0.3) is 0 Å². The van der Waals surface area contributed by atoms with E-state index in [1.54, 1.807) is 0 Å². The second-order valence-corrected chi connectivity index (χ2v) is 6.14. The molecule has 1 aromatic rings. The van der Waals surface area contributed by atoms with Gasteiger partial charge >= 0.3 is 0 Å². The van der Waals surface area contributed by atoms with E-state index >= 15 is 0 Å². The van der Waals surface area contributed by atoms with Crippen LogP contribution in [0.5, 0.6) is 0 Å². The summed E-state index contributed by atoms with van der Waals surface area (Å²) in [4.78, 5) is 6.89. The van der Waals surface area contributed by atoms with Crippen LogP contribution in [0, 0.1) is 5.92 Å². The number of rotatable bonds is 7. The van der Waals surface area contributed by atoms with Gasteiger partial charge in [-0.3, -0.25) is 0 Å². The summed E-state index contributed by atoms with van der Waals surface area (Å²) in [6.45, 7) is 7.57. The number of nitrogens with zero attached hydrogens (tertiary/aromatic N) is 3. The molecule has 0 radical (unpaired) electrons. The molecule has 2 rings (SSSR count). The molecule has 4 heteroatoms. The second-order valence-electron chi connectivity index (χ2n) is 6.14. The molecule has 1 fully saturated rings. The third kappa shape index (κ3) is 4.23. The Balaban J connectivity index is 1.74. The van der Waals surface area contributed by atoms with Crippen LogP contribution < -0.4 is 5.32 Å². The van der Waals surface area contributed by atoms with E-state index in [2.05, 4.69) is 46.9 Å². The highest BCUT2D eigenvalue weighted by molar-refractivity contribution is 5.25. The van der Waals surface area contributed by atoms with E-state index in [0.29, 0.717) is 5.92 Å².